The van der Waals surface area contributed by atoms with Gasteiger partial charge >= 0.3 is 0 Å². The van der Waals surface area contributed by atoms with Gasteiger partial charge in [0.15, 0.2) is 0 Å². The molecule has 0 saturated heterocycles. The zero-order valence-electron chi connectivity index (χ0n) is 12.3. The highest BCUT2D eigenvalue weighted by Gasteiger charge is 2.26. The summed E-state index contributed by atoms with van der Waals surface area (Å²) >= 11 is 0. The van der Waals surface area contributed by atoms with Gasteiger partial charge in [-0.25, -0.2) is 0 Å². The van der Waals surface area contributed by atoms with Gasteiger partial charge in [-0.15, -0.1) is 0 Å². The quantitative estimate of drug-likeness (QED) is 0.920. The Labute approximate surface area is 121 Å². The topological polar surface area (TPSA) is 24.9 Å². The summed E-state index contributed by atoms with van der Waals surface area (Å²) in [6, 6.07) is 11.5. The van der Waals surface area contributed by atoms with Gasteiger partial charge in [0.1, 0.15) is 0 Å². The Kier molecular flexibility index (Phi) is 3.83. The maximum absolute atomic E-state index is 4.35. The molecule has 1 aromatic heterocycles. The van der Waals surface area contributed by atoms with Crippen LogP contribution in [0.4, 0.5) is 0 Å². The van der Waals surface area contributed by atoms with Gasteiger partial charge in [0, 0.05) is 18.4 Å². The van der Waals surface area contributed by atoms with Gasteiger partial charge in [-0.2, -0.15) is 0 Å². The monoisotopic (exact) mass is 266 g/mol. The van der Waals surface area contributed by atoms with Gasteiger partial charge in [0.2, 0.25) is 0 Å². The number of fused-ring (bicyclic) bond motifs is 1. The van der Waals surface area contributed by atoms with Crippen molar-refractivity contribution < 1.29 is 0 Å². The van der Waals surface area contributed by atoms with E-state index in [1.165, 1.54) is 35.1 Å². The first-order valence-electron chi connectivity index (χ1n) is 7.43. The fraction of sp³-hybridized carbons (Fsp3) is 0.389. The van der Waals surface area contributed by atoms with Crippen molar-refractivity contribution in [2.24, 2.45) is 5.92 Å². The van der Waals surface area contributed by atoms with Gasteiger partial charge in [0.05, 0.1) is 0 Å². The molecule has 1 aliphatic rings. The summed E-state index contributed by atoms with van der Waals surface area (Å²) in [5, 5.41) is 3.51. The van der Waals surface area contributed by atoms with Crippen LogP contribution in [0.5, 0.6) is 0 Å². The van der Waals surface area contributed by atoms with E-state index in [4.69, 9.17) is 0 Å². The van der Waals surface area contributed by atoms with Crippen molar-refractivity contribution in [3.05, 3.63) is 65.0 Å². The number of hydrogen-bond acceptors (Lipinski definition) is 2. The summed E-state index contributed by atoms with van der Waals surface area (Å²) in [5.41, 5.74) is 5.60. The van der Waals surface area contributed by atoms with Crippen LogP contribution in [0.2, 0.25) is 0 Å². The third kappa shape index (κ3) is 2.61. The van der Waals surface area contributed by atoms with E-state index in [9.17, 15) is 0 Å². The van der Waals surface area contributed by atoms with Gasteiger partial charge in [0.25, 0.3) is 0 Å². The Hall–Kier alpha value is -1.67. The molecule has 1 heterocycles. The largest absolute Gasteiger partial charge is 0.313 e. The second-order valence-electron chi connectivity index (χ2n) is 5.83. The van der Waals surface area contributed by atoms with Crippen LogP contribution in [0.25, 0.3) is 0 Å². The first kappa shape index (κ1) is 13.3. The van der Waals surface area contributed by atoms with Crippen LogP contribution < -0.4 is 5.32 Å². The molecule has 1 aliphatic carbocycles. The molecule has 0 bridgehead atoms. The lowest BCUT2D eigenvalue weighted by Gasteiger charge is -2.31. The van der Waals surface area contributed by atoms with E-state index in [-0.39, 0.29) is 0 Å². The minimum absolute atomic E-state index is 0.399. The molecule has 3 rings (SSSR count). The highest BCUT2D eigenvalue weighted by molar-refractivity contribution is 5.31. The zero-order chi connectivity index (χ0) is 13.9. The predicted octanol–water partition coefficient (Wildman–Crippen LogP) is 3.46. The molecule has 20 heavy (non-hydrogen) atoms. The molecule has 0 fully saturated rings. The first-order valence-corrected chi connectivity index (χ1v) is 7.43. The van der Waals surface area contributed by atoms with Crippen LogP contribution in [0.15, 0.2) is 42.7 Å². The fourth-order valence-electron chi connectivity index (χ4n) is 3.43. The summed E-state index contributed by atoms with van der Waals surface area (Å²) < 4.78 is 0. The van der Waals surface area contributed by atoms with E-state index < -0.39 is 0 Å². The molecule has 104 valence electrons. The van der Waals surface area contributed by atoms with Gasteiger partial charge < -0.3 is 5.32 Å². The molecule has 0 radical (unpaired) electrons. The Balaban J connectivity index is 1.85. The third-order valence-electron chi connectivity index (χ3n) is 4.42. The van der Waals surface area contributed by atoms with Crippen molar-refractivity contribution in [1.29, 1.82) is 0 Å². The third-order valence-corrected chi connectivity index (χ3v) is 4.42. The molecule has 0 spiro atoms. The summed E-state index contributed by atoms with van der Waals surface area (Å²) in [7, 11) is 2.06. The number of nitrogens with zero attached hydrogens (tertiary/aromatic N) is 1. The molecule has 2 aromatic rings. The molecule has 2 nitrogen and oxygen atoms in total. The highest BCUT2D eigenvalue weighted by Crippen LogP contribution is 2.33. The van der Waals surface area contributed by atoms with Crippen molar-refractivity contribution in [3.8, 4) is 0 Å². The lowest BCUT2D eigenvalue weighted by Crippen LogP contribution is -2.29. The fourth-order valence-corrected chi connectivity index (χ4v) is 3.43. The standard InChI is InChI=1S/C18H22N2/c1-13-9-17(12-20-11-13)18(19-2)16-8-7-14-5-3-4-6-15(14)10-16/h3-6,9,11-12,16,18-19H,7-8,10H2,1-2H3. The van der Waals surface area contributed by atoms with Crippen molar-refractivity contribution >= 4 is 0 Å². The van der Waals surface area contributed by atoms with Crippen LogP contribution >= 0.6 is 0 Å². The van der Waals surface area contributed by atoms with Gasteiger partial charge in [-0.1, -0.05) is 30.3 Å². The summed E-state index contributed by atoms with van der Waals surface area (Å²) in [6.45, 7) is 2.11. The van der Waals surface area contributed by atoms with Crippen LogP contribution in [-0.2, 0) is 12.8 Å². The zero-order valence-corrected chi connectivity index (χ0v) is 12.3. The number of pyridine rings is 1. The molecule has 1 aromatic carbocycles. The van der Waals surface area contributed by atoms with E-state index in [1.807, 2.05) is 12.4 Å². The van der Waals surface area contributed by atoms with Crippen LogP contribution in [0.3, 0.4) is 0 Å². The second-order valence-corrected chi connectivity index (χ2v) is 5.83. The van der Waals surface area contributed by atoms with Crippen molar-refractivity contribution in [1.82, 2.24) is 10.3 Å². The average molecular weight is 266 g/mol. The molecule has 2 atom stereocenters. The Bertz CT molecular complexity index is 591. The van der Waals surface area contributed by atoms with Gasteiger partial charge in [-0.3, -0.25) is 4.98 Å². The summed E-state index contributed by atoms with van der Waals surface area (Å²) in [4.78, 5) is 4.35. The molecule has 2 unspecified atom stereocenters. The number of nitrogens with one attached hydrogen (secondary N) is 1. The van der Waals surface area contributed by atoms with Crippen molar-refractivity contribution in [2.45, 2.75) is 32.2 Å². The van der Waals surface area contributed by atoms with Crippen molar-refractivity contribution in [2.75, 3.05) is 7.05 Å². The number of aryl methyl sites for hydroxylation is 2. The van der Waals surface area contributed by atoms with Crippen LogP contribution in [0, 0.1) is 12.8 Å². The Morgan fingerprint density at radius 2 is 2.00 bits per heavy atom. The van der Waals surface area contributed by atoms with E-state index >= 15 is 0 Å². The highest BCUT2D eigenvalue weighted by atomic mass is 14.9. The van der Waals surface area contributed by atoms with Crippen molar-refractivity contribution in [3.63, 3.8) is 0 Å². The minimum Gasteiger partial charge on any atom is -0.313 e. The number of aromatic nitrogens is 1. The average Bonchev–Trinajstić information content (AvgIpc) is 2.48. The smallest absolute Gasteiger partial charge is 0.0364 e. The van der Waals surface area contributed by atoms with Crippen LogP contribution in [-0.4, -0.2) is 12.0 Å². The molecule has 0 saturated carbocycles. The predicted molar refractivity (Wildman–Crippen MR) is 82.7 cm³/mol. The number of benzene rings is 1. The lowest BCUT2D eigenvalue weighted by atomic mass is 9.78. The lowest BCUT2D eigenvalue weighted by molar-refractivity contribution is 0.341. The van der Waals surface area contributed by atoms with E-state index in [0.29, 0.717) is 12.0 Å². The maximum Gasteiger partial charge on any atom is 0.0364 e. The van der Waals surface area contributed by atoms with Gasteiger partial charge in [-0.05, 0) is 61.4 Å². The summed E-state index contributed by atoms with van der Waals surface area (Å²) in [6.07, 6.45) is 7.53. The molecule has 0 amide bonds. The number of hydrogen-bond donors (Lipinski definition) is 1. The molecular formula is C18H22N2. The summed E-state index contributed by atoms with van der Waals surface area (Å²) in [5.74, 6) is 0.651. The molecule has 0 aliphatic heterocycles. The van der Waals surface area contributed by atoms with E-state index in [1.54, 1.807) is 0 Å². The van der Waals surface area contributed by atoms with Crippen LogP contribution in [0.1, 0.15) is 34.7 Å². The molecule has 2 heteroatoms. The maximum atomic E-state index is 4.35. The molecule has 1 N–H and O–H groups in total. The van der Waals surface area contributed by atoms with E-state index in [2.05, 4.69) is 54.6 Å². The second kappa shape index (κ2) is 5.76. The number of rotatable bonds is 3. The van der Waals surface area contributed by atoms with E-state index in [0.717, 1.165) is 6.42 Å². The normalized spacial score (nSPS) is 19.4. The SMILES string of the molecule is CNC(c1cncc(C)c1)C1CCc2ccccc2C1. The Morgan fingerprint density at radius 3 is 2.75 bits per heavy atom. The molecular weight excluding hydrogens is 244 g/mol. The minimum atomic E-state index is 0.399. The first-order chi connectivity index (χ1) is 9.78. The Morgan fingerprint density at radius 1 is 1.20 bits per heavy atom.